The minimum Gasteiger partial charge on any atom is -0.339 e. The number of rotatable bonds is 1. The van der Waals surface area contributed by atoms with Crippen LogP contribution in [0.2, 0.25) is 0 Å². The first-order valence-corrected chi connectivity index (χ1v) is 6.22. The molecule has 86 valence electrons. The molecule has 1 amide bonds. The molecule has 0 saturated carbocycles. The van der Waals surface area contributed by atoms with Crippen LogP contribution >= 0.6 is 15.9 Å². The number of likely N-dealkylation sites (tertiary alicyclic amines) is 1. The van der Waals surface area contributed by atoms with E-state index in [2.05, 4.69) is 15.9 Å². The first kappa shape index (κ1) is 11.6. The van der Waals surface area contributed by atoms with Gasteiger partial charge < -0.3 is 4.90 Å². The monoisotopic (exact) mass is 285 g/mol. The summed E-state index contributed by atoms with van der Waals surface area (Å²) in [4.78, 5) is 13.8. The Kier molecular flexibility index (Phi) is 3.59. The molecule has 1 aliphatic heterocycles. The van der Waals surface area contributed by atoms with Crippen molar-refractivity contribution in [3.05, 3.63) is 34.1 Å². The first-order chi connectivity index (χ1) is 7.68. The molecular formula is C12H13BrFNO. The molecule has 0 bridgehead atoms. The van der Waals surface area contributed by atoms with E-state index in [-0.39, 0.29) is 11.7 Å². The van der Waals surface area contributed by atoms with Gasteiger partial charge in [0, 0.05) is 18.7 Å². The molecule has 1 saturated heterocycles. The van der Waals surface area contributed by atoms with Crippen molar-refractivity contribution in [2.75, 3.05) is 13.1 Å². The number of hydrogen-bond donors (Lipinski definition) is 0. The highest BCUT2D eigenvalue weighted by Crippen LogP contribution is 2.19. The average Bonchev–Trinajstić information content (AvgIpc) is 2.33. The molecule has 4 heteroatoms. The highest BCUT2D eigenvalue weighted by molar-refractivity contribution is 9.10. The molecule has 0 aliphatic carbocycles. The Labute approximate surface area is 103 Å². The van der Waals surface area contributed by atoms with Gasteiger partial charge >= 0.3 is 0 Å². The van der Waals surface area contributed by atoms with Crippen LogP contribution in [0.4, 0.5) is 4.39 Å². The molecule has 0 radical (unpaired) electrons. The summed E-state index contributed by atoms with van der Waals surface area (Å²) in [5.41, 5.74) is 0.433. The van der Waals surface area contributed by atoms with Crippen LogP contribution in [0.15, 0.2) is 22.7 Å². The molecule has 1 aromatic carbocycles. The van der Waals surface area contributed by atoms with Crippen molar-refractivity contribution in [3.63, 3.8) is 0 Å². The number of nitrogens with zero attached hydrogens (tertiary/aromatic N) is 1. The highest BCUT2D eigenvalue weighted by atomic mass is 79.9. The second-order valence-electron chi connectivity index (χ2n) is 3.98. The Hall–Kier alpha value is -0.900. The Morgan fingerprint density at radius 2 is 1.94 bits per heavy atom. The van der Waals surface area contributed by atoms with E-state index in [0.29, 0.717) is 10.0 Å². The number of hydrogen-bond acceptors (Lipinski definition) is 1. The van der Waals surface area contributed by atoms with E-state index < -0.39 is 0 Å². The maximum absolute atomic E-state index is 13.3. The summed E-state index contributed by atoms with van der Waals surface area (Å²) in [6.07, 6.45) is 3.27. The zero-order chi connectivity index (χ0) is 11.5. The number of benzene rings is 1. The van der Waals surface area contributed by atoms with Crippen LogP contribution in [-0.4, -0.2) is 23.9 Å². The molecule has 2 nitrogen and oxygen atoms in total. The van der Waals surface area contributed by atoms with E-state index >= 15 is 0 Å². The van der Waals surface area contributed by atoms with E-state index in [0.717, 1.165) is 25.9 Å². The van der Waals surface area contributed by atoms with Crippen LogP contribution in [0.3, 0.4) is 0 Å². The van der Waals surface area contributed by atoms with E-state index in [1.165, 1.54) is 12.5 Å². The highest BCUT2D eigenvalue weighted by Gasteiger charge is 2.18. The van der Waals surface area contributed by atoms with Gasteiger partial charge in [0.15, 0.2) is 0 Å². The third kappa shape index (κ3) is 2.43. The summed E-state index contributed by atoms with van der Waals surface area (Å²) in [6.45, 7) is 1.58. The molecule has 1 fully saturated rings. The van der Waals surface area contributed by atoms with Gasteiger partial charge in [0.2, 0.25) is 0 Å². The lowest BCUT2D eigenvalue weighted by Gasteiger charge is -2.26. The van der Waals surface area contributed by atoms with E-state index in [1.807, 2.05) is 0 Å². The van der Waals surface area contributed by atoms with E-state index in [4.69, 9.17) is 0 Å². The van der Waals surface area contributed by atoms with Gasteiger partial charge in [0.05, 0.1) is 4.47 Å². The van der Waals surface area contributed by atoms with Crippen molar-refractivity contribution in [1.82, 2.24) is 4.90 Å². The minimum absolute atomic E-state index is 0.0638. The van der Waals surface area contributed by atoms with Crippen molar-refractivity contribution in [3.8, 4) is 0 Å². The maximum Gasteiger partial charge on any atom is 0.253 e. The molecule has 0 N–H and O–H groups in total. The standard InChI is InChI=1S/C12H13BrFNO/c13-10-5-4-9(8-11(10)14)12(16)15-6-2-1-3-7-15/h4-5,8H,1-3,6-7H2. The minimum atomic E-state index is -0.386. The Morgan fingerprint density at radius 1 is 1.25 bits per heavy atom. The summed E-state index contributed by atoms with van der Waals surface area (Å²) >= 11 is 3.07. The summed E-state index contributed by atoms with van der Waals surface area (Å²) < 4.78 is 13.7. The van der Waals surface area contributed by atoms with Crippen LogP contribution in [0.5, 0.6) is 0 Å². The van der Waals surface area contributed by atoms with Crippen molar-refractivity contribution >= 4 is 21.8 Å². The molecule has 0 atom stereocenters. The molecule has 0 spiro atoms. The number of carbonyl (C=O) groups excluding carboxylic acids is 1. The second kappa shape index (κ2) is 4.95. The molecular weight excluding hydrogens is 273 g/mol. The maximum atomic E-state index is 13.3. The summed E-state index contributed by atoms with van der Waals surface area (Å²) in [6, 6.07) is 4.53. The molecule has 0 aromatic heterocycles. The zero-order valence-corrected chi connectivity index (χ0v) is 10.5. The Bertz CT molecular complexity index is 402. The SMILES string of the molecule is O=C(c1ccc(Br)c(F)c1)N1CCCCC1. The number of piperidine rings is 1. The Balaban J connectivity index is 2.16. The van der Waals surface area contributed by atoms with Gasteiger partial charge in [-0.25, -0.2) is 4.39 Å². The molecule has 2 rings (SSSR count). The number of amides is 1. The quantitative estimate of drug-likeness (QED) is 0.776. The molecule has 1 heterocycles. The lowest BCUT2D eigenvalue weighted by molar-refractivity contribution is 0.0724. The molecule has 16 heavy (non-hydrogen) atoms. The van der Waals surface area contributed by atoms with Crippen LogP contribution < -0.4 is 0 Å². The second-order valence-corrected chi connectivity index (χ2v) is 4.84. The fourth-order valence-corrected chi connectivity index (χ4v) is 2.16. The van der Waals surface area contributed by atoms with E-state index in [9.17, 15) is 9.18 Å². The summed E-state index contributed by atoms with van der Waals surface area (Å²) in [5.74, 6) is -0.450. The lowest BCUT2D eigenvalue weighted by Crippen LogP contribution is -2.35. The van der Waals surface area contributed by atoms with Gasteiger partial charge in [-0.1, -0.05) is 0 Å². The van der Waals surface area contributed by atoms with Crippen LogP contribution in [0.1, 0.15) is 29.6 Å². The van der Waals surface area contributed by atoms with Crippen molar-refractivity contribution < 1.29 is 9.18 Å². The van der Waals surface area contributed by atoms with Gasteiger partial charge in [0.25, 0.3) is 5.91 Å². The number of halogens is 2. The first-order valence-electron chi connectivity index (χ1n) is 5.43. The van der Waals surface area contributed by atoms with Crippen molar-refractivity contribution in [1.29, 1.82) is 0 Å². The van der Waals surface area contributed by atoms with Gasteiger partial charge in [-0.2, -0.15) is 0 Å². The van der Waals surface area contributed by atoms with Gasteiger partial charge in [0.1, 0.15) is 5.82 Å². The zero-order valence-electron chi connectivity index (χ0n) is 8.88. The third-order valence-electron chi connectivity index (χ3n) is 2.81. The van der Waals surface area contributed by atoms with E-state index in [1.54, 1.807) is 17.0 Å². The molecule has 0 unspecified atom stereocenters. The Morgan fingerprint density at radius 3 is 2.56 bits per heavy atom. The molecule has 1 aromatic rings. The largest absolute Gasteiger partial charge is 0.339 e. The van der Waals surface area contributed by atoms with Crippen LogP contribution in [0, 0.1) is 5.82 Å². The van der Waals surface area contributed by atoms with Gasteiger partial charge in [-0.15, -0.1) is 0 Å². The predicted molar refractivity (Wildman–Crippen MR) is 63.9 cm³/mol. The fraction of sp³-hybridized carbons (Fsp3) is 0.417. The smallest absolute Gasteiger partial charge is 0.253 e. The average molecular weight is 286 g/mol. The fourth-order valence-electron chi connectivity index (χ4n) is 1.91. The summed E-state index contributed by atoms with van der Waals surface area (Å²) in [5, 5.41) is 0. The van der Waals surface area contributed by atoms with Crippen LogP contribution in [-0.2, 0) is 0 Å². The van der Waals surface area contributed by atoms with Crippen molar-refractivity contribution in [2.45, 2.75) is 19.3 Å². The van der Waals surface area contributed by atoms with Crippen LogP contribution in [0.25, 0.3) is 0 Å². The summed E-state index contributed by atoms with van der Waals surface area (Å²) in [7, 11) is 0. The number of carbonyl (C=O) groups is 1. The topological polar surface area (TPSA) is 20.3 Å². The van der Waals surface area contributed by atoms with Gasteiger partial charge in [-0.3, -0.25) is 4.79 Å². The molecule has 1 aliphatic rings. The van der Waals surface area contributed by atoms with Crippen molar-refractivity contribution in [2.24, 2.45) is 0 Å². The van der Waals surface area contributed by atoms with Gasteiger partial charge in [-0.05, 0) is 53.4 Å². The normalized spacial score (nSPS) is 16.2. The predicted octanol–water partition coefficient (Wildman–Crippen LogP) is 3.21. The lowest BCUT2D eigenvalue weighted by atomic mass is 10.1. The third-order valence-corrected chi connectivity index (χ3v) is 3.45.